The first-order chi connectivity index (χ1) is 8.24. The maximum absolute atomic E-state index is 7.75. The second-order valence-electron chi connectivity index (χ2n) is 3.90. The molecule has 2 nitrogen and oxygen atoms in total. The number of benzene rings is 1. The quantitative estimate of drug-likeness (QED) is 0.488. The predicted molar refractivity (Wildman–Crippen MR) is 75.8 cm³/mol. The molecule has 0 aliphatic carbocycles. The Labute approximate surface area is 155 Å². The van der Waals surface area contributed by atoms with Crippen molar-refractivity contribution < 1.29 is 56.2 Å². The Morgan fingerprint density at radius 1 is 1.11 bits per heavy atom. The van der Waals surface area contributed by atoms with Crippen LogP contribution in [0, 0.1) is 5.92 Å². The summed E-state index contributed by atoms with van der Waals surface area (Å²) in [6.45, 7) is 12.7. The fraction of sp³-hybridized carbons (Fsp3) is 0.533. The summed E-state index contributed by atoms with van der Waals surface area (Å²) in [5, 5.41) is 3.20. The van der Waals surface area contributed by atoms with E-state index in [0.717, 1.165) is 12.5 Å². The minimum absolute atomic E-state index is 0. The molecule has 0 amide bonds. The van der Waals surface area contributed by atoms with Crippen molar-refractivity contribution in [3.05, 3.63) is 35.4 Å². The third-order valence-electron chi connectivity index (χ3n) is 2.11. The van der Waals surface area contributed by atoms with E-state index in [0.29, 0.717) is 0 Å². The topological polar surface area (TPSA) is 29.1 Å². The summed E-state index contributed by atoms with van der Waals surface area (Å²) in [5.41, 5.74) is 2.91. The van der Waals surface area contributed by atoms with Gasteiger partial charge in [-0.05, 0) is 30.5 Å². The van der Waals surface area contributed by atoms with Crippen molar-refractivity contribution >= 4 is 6.79 Å². The van der Waals surface area contributed by atoms with Crippen LogP contribution in [0.2, 0.25) is 0 Å². The summed E-state index contributed by atoms with van der Waals surface area (Å²) >= 11 is 0. The van der Waals surface area contributed by atoms with Gasteiger partial charge in [0.05, 0.1) is 0 Å². The van der Waals surface area contributed by atoms with E-state index in [4.69, 9.17) is 4.79 Å². The van der Waals surface area contributed by atoms with Crippen LogP contribution in [0.15, 0.2) is 24.3 Å². The average molecular weight is 275 g/mol. The summed E-state index contributed by atoms with van der Waals surface area (Å²) in [6, 6.07) is 8.66. The van der Waals surface area contributed by atoms with Crippen LogP contribution in [-0.4, -0.2) is 13.8 Å². The molecule has 0 aromatic heterocycles. The molecule has 0 saturated heterocycles. The van der Waals surface area contributed by atoms with Crippen molar-refractivity contribution in [2.75, 3.05) is 7.05 Å². The van der Waals surface area contributed by atoms with E-state index in [1.165, 1.54) is 17.5 Å². The molecule has 0 spiro atoms. The summed E-state index contributed by atoms with van der Waals surface area (Å²) < 4.78 is 0. The monoisotopic (exact) mass is 275 g/mol. The van der Waals surface area contributed by atoms with Gasteiger partial charge in [-0.1, -0.05) is 52.0 Å². The van der Waals surface area contributed by atoms with Gasteiger partial charge in [0.15, 0.2) is 0 Å². The second-order valence-corrected chi connectivity index (χ2v) is 3.90. The van der Waals surface area contributed by atoms with Gasteiger partial charge in [-0.15, -0.1) is 0 Å². The molecule has 0 aliphatic heterocycles. The van der Waals surface area contributed by atoms with Crippen LogP contribution in [0.25, 0.3) is 0 Å². The minimum atomic E-state index is 0. The summed E-state index contributed by atoms with van der Waals surface area (Å²) in [6.07, 6.45) is 1.18. The Bertz CT molecular complexity index is 277. The molecular weight excluding hydrogens is 249 g/mol. The Kier molecular flexibility index (Phi) is 22.9. The van der Waals surface area contributed by atoms with Gasteiger partial charge in [0.1, 0.15) is 0 Å². The molecule has 0 unspecified atom stereocenters. The van der Waals surface area contributed by atoms with Crippen LogP contribution in [0.5, 0.6) is 0 Å². The SMILES string of the molecule is CC.CNCc1ccccc1CC(C)C.[CH-]=O.[K+]. The summed E-state index contributed by atoms with van der Waals surface area (Å²) in [5.74, 6) is 0.734. The molecule has 1 aromatic rings. The number of nitrogens with one attached hydrogen (secondary N) is 1. The molecule has 0 fully saturated rings. The Morgan fingerprint density at radius 3 is 1.94 bits per heavy atom. The van der Waals surface area contributed by atoms with E-state index >= 15 is 0 Å². The molecule has 0 bridgehead atoms. The molecule has 0 atom stereocenters. The molecule has 0 heterocycles. The van der Waals surface area contributed by atoms with Gasteiger partial charge in [-0.3, -0.25) is 6.79 Å². The van der Waals surface area contributed by atoms with Crippen LogP contribution in [-0.2, 0) is 17.8 Å². The van der Waals surface area contributed by atoms with Crippen molar-refractivity contribution in [1.29, 1.82) is 0 Å². The first-order valence-corrected chi connectivity index (χ1v) is 6.19. The number of rotatable bonds is 4. The van der Waals surface area contributed by atoms with E-state index in [9.17, 15) is 0 Å². The average Bonchev–Trinajstić information content (AvgIpc) is 2.36. The smallest absolute Gasteiger partial charge is 0.545 e. The van der Waals surface area contributed by atoms with Crippen LogP contribution in [0.1, 0.15) is 38.8 Å². The van der Waals surface area contributed by atoms with Crippen molar-refractivity contribution in [3.8, 4) is 0 Å². The van der Waals surface area contributed by atoms with E-state index in [1.54, 1.807) is 0 Å². The molecule has 0 aliphatic rings. The Hall–Kier alpha value is 0.486. The van der Waals surface area contributed by atoms with Crippen LogP contribution >= 0.6 is 0 Å². The van der Waals surface area contributed by atoms with Gasteiger partial charge in [0.25, 0.3) is 0 Å². The van der Waals surface area contributed by atoms with Crippen LogP contribution < -0.4 is 56.7 Å². The summed E-state index contributed by atoms with van der Waals surface area (Å²) in [4.78, 5) is 7.75. The van der Waals surface area contributed by atoms with E-state index in [-0.39, 0.29) is 51.4 Å². The fourth-order valence-electron chi connectivity index (χ4n) is 1.56. The van der Waals surface area contributed by atoms with Crippen molar-refractivity contribution in [3.63, 3.8) is 0 Å². The van der Waals surface area contributed by atoms with Gasteiger partial charge in [-0.2, -0.15) is 0 Å². The maximum Gasteiger partial charge on any atom is 1.00 e. The second kappa shape index (κ2) is 17.5. The van der Waals surface area contributed by atoms with E-state index in [1.807, 2.05) is 20.9 Å². The van der Waals surface area contributed by atoms with E-state index in [2.05, 4.69) is 50.2 Å². The first-order valence-electron chi connectivity index (χ1n) is 6.19. The third-order valence-corrected chi connectivity index (χ3v) is 2.11. The van der Waals surface area contributed by atoms with Crippen LogP contribution in [0.3, 0.4) is 0 Å². The van der Waals surface area contributed by atoms with Crippen molar-refractivity contribution in [1.82, 2.24) is 5.32 Å². The van der Waals surface area contributed by atoms with Gasteiger partial charge in [0, 0.05) is 6.54 Å². The van der Waals surface area contributed by atoms with Gasteiger partial charge in [0.2, 0.25) is 0 Å². The van der Waals surface area contributed by atoms with Crippen LogP contribution in [0.4, 0.5) is 0 Å². The largest absolute Gasteiger partial charge is 1.00 e. The molecule has 0 radical (unpaired) electrons. The fourth-order valence-corrected chi connectivity index (χ4v) is 1.56. The molecule has 98 valence electrons. The first kappa shape index (κ1) is 23.6. The molecular formula is C15H26KNO. The number of hydrogen-bond acceptors (Lipinski definition) is 2. The Morgan fingerprint density at radius 2 is 1.56 bits per heavy atom. The number of hydrogen-bond donors (Lipinski definition) is 1. The molecule has 3 heteroatoms. The Balaban J connectivity index is -0.000000409. The molecule has 1 aromatic carbocycles. The zero-order valence-corrected chi connectivity index (χ0v) is 15.9. The zero-order chi connectivity index (χ0) is 13.7. The molecule has 18 heavy (non-hydrogen) atoms. The third kappa shape index (κ3) is 11.6. The molecule has 0 saturated carbocycles. The van der Waals surface area contributed by atoms with Crippen molar-refractivity contribution in [2.45, 2.75) is 40.7 Å². The number of carbonyl (C=O) groups excluding carboxylic acids is 1. The van der Waals surface area contributed by atoms with E-state index < -0.39 is 0 Å². The zero-order valence-electron chi connectivity index (χ0n) is 12.8. The van der Waals surface area contributed by atoms with Gasteiger partial charge in [-0.25, -0.2) is 0 Å². The maximum atomic E-state index is 7.75. The van der Waals surface area contributed by atoms with Gasteiger partial charge >= 0.3 is 51.4 Å². The predicted octanol–water partition coefficient (Wildman–Crippen LogP) is 0.361. The minimum Gasteiger partial charge on any atom is -0.545 e. The normalized spacial score (nSPS) is 8.33. The van der Waals surface area contributed by atoms with Gasteiger partial charge < -0.3 is 10.1 Å². The molecule has 1 N–H and O–H groups in total. The molecule has 1 rings (SSSR count). The van der Waals surface area contributed by atoms with Crippen molar-refractivity contribution in [2.24, 2.45) is 5.92 Å². The standard InChI is InChI=1S/C12H19N.C2H6.CHO.K/c1-10(2)8-11-6-4-5-7-12(11)9-13-3;2*1-2;/h4-7,10,13H,8-9H2,1-3H3;1-2H3;1H;/q;;-1;+1. The summed E-state index contributed by atoms with van der Waals surface area (Å²) in [7, 11) is 1.99.